The van der Waals surface area contributed by atoms with Crippen molar-refractivity contribution in [2.24, 2.45) is 23.2 Å². The zero-order valence-corrected chi connectivity index (χ0v) is 43.7. The fourth-order valence-electron chi connectivity index (χ4n) is 10.8. The van der Waals surface area contributed by atoms with Crippen LogP contribution in [-0.4, -0.2) is 132 Å². The van der Waals surface area contributed by atoms with Crippen molar-refractivity contribution in [3.05, 3.63) is 95.3 Å². The Morgan fingerprint density at radius 2 is 1.31 bits per heavy atom. The van der Waals surface area contributed by atoms with E-state index in [1.807, 2.05) is 80.6 Å². The number of aryl methyl sites for hydroxylation is 2. The maximum atomic E-state index is 12.5. The van der Waals surface area contributed by atoms with Crippen LogP contribution >= 0.6 is 22.7 Å². The normalized spacial score (nSPS) is 23.7. The number of nitrogens with one attached hydrogen (secondary N) is 6. The van der Waals surface area contributed by atoms with Crippen molar-refractivity contribution in [1.82, 2.24) is 40.5 Å². The van der Waals surface area contributed by atoms with Crippen LogP contribution in [0.25, 0.3) is 41.6 Å². The number of aromatic nitrogens is 6. The predicted molar refractivity (Wildman–Crippen MR) is 289 cm³/mol. The van der Waals surface area contributed by atoms with Gasteiger partial charge in [0.15, 0.2) is 0 Å². The molecule has 10 N–H and O–H groups in total. The van der Waals surface area contributed by atoms with Crippen molar-refractivity contribution in [2.45, 2.75) is 84.0 Å². The summed E-state index contributed by atoms with van der Waals surface area (Å²) in [6, 6.07) is 22.9. The van der Waals surface area contributed by atoms with Gasteiger partial charge >= 0.3 is 12.2 Å². The van der Waals surface area contributed by atoms with Crippen LogP contribution in [0.2, 0.25) is 0 Å². The number of ether oxygens (including phenoxy) is 2. The summed E-state index contributed by atoms with van der Waals surface area (Å²) in [4.78, 5) is 54.3. The van der Waals surface area contributed by atoms with Gasteiger partial charge < -0.3 is 61.8 Å². The molecule has 10 rings (SSSR count). The Morgan fingerprint density at radius 1 is 0.693 bits per heavy atom. The van der Waals surface area contributed by atoms with Gasteiger partial charge in [0, 0.05) is 50.2 Å². The molecular weight excluding hydrogens is 997 g/mol. The monoisotopic (exact) mass is 1060 g/mol. The number of rotatable bonds is 20. The summed E-state index contributed by atoms with van der Waals surface area (Å²) >= 11 is 3.07. The minimum Gasteiger partial charge on any atom is -0.450 e. The van der Waals surface area contributed by atoms with Crippen LogP contribution < -0.4 is 31.9 Å². The molecule has 0 spiro atoms. The highest BCUT2D eigenvalue weighted by Gasteiger charge is 2.70. The first-order chi connectivity index (χ1) is 36.3. The lowest BCUT2D eigenvalue weighted by Gasteiger charge is -2.30. The summed E-state index contributed by atoms with van der Waals surface area (Å²) < 4.78 is 12.3. The lowest BCUT2D eigenvalue weighted by atomic mass is 9.82. The van der Waals surface area contributed by atoms with Crippen molar-refractivity contribution in [3.63, 3.8) is 0 Å². The van der Waals surface area contributed by atoms with E-state index in [4.69, 9.17) is 39.4 Å². The Morgan fingerprint density at radius 3 is 1.96 bits per heavy atom. The van der Waals surface area contributed by atoms with Crippen molar-refractivity contribution < 1.29 is 39.5 Å². The highest BCUT2D eigenvalue weighted by Crippen LogP contribution is 2.67. The number of amides is 2. The second-order valence-corrected chi connectivity index (χ2v) is 21.7. The summed E-state index contributed by atoms with van der Waals surface area (Å²) in [6.07, 6.45) is -2.19. The van der Waals surface area contributed by atoms with Gasteiger partial charge in [-0.3, -0.25) is 0 Å². The molecule has 2 amide bonds. The summed E-state index contributed by atoms with van der Waals surface area (Å²) in [6.45, 7) is 9.01. The van der Waals surface area contributed by atoms with Crippen molar-refractivity contribution in [1.29, 1.82) is 0 Å². The lowest BCUT2D eigenvalue weighted by Crippen LogP contribution is -2.36. The number of carbonyl (C=O) groups excluding carboxylic acids is 2. The van der Waals surface area contributed by atoms with Crippen LogP contribution in [0.4, 0.5) is 33.1 Å². The number of thiazole rings is 2. The van der Waals surface area contributed by atoms with Gasteiger partial charge in [-0.25, -0.2) is 29.5 Å². The Bertz CT molecular complexity index is 3150. The number of alkyl carbamates (subject to hydrolysis) is 2. The second-order valence-electron chi connectivity index (χ2n) is 19.6. The molecule has 3 aliphatic carbocycles. The maximum absolute atomic E-state index is 12.5. The van der Waals surface area contributed by atoms with E-state index in [0.717, 1.165) is 47.8 Å². The van der Waals surface area contributed by atoms with Crippen LogP contribution in [0.1, 0.15) is 49.2 Å². The van der Waals surface area contributed by atoms with E-state index >= 15 is 0 Å². The quantitative estimate of drug-likeness (QED) is 0.0365. The Labute approximate surface area is 441 Å². The van der Waals surface area contributed by atoms with Gasteiger partial charge in [-0.15, -0.1) is 22.7 Å². The number of para-hydroxylation sites is 2. The van der Waals surface area contributed by atoms with Crippen LogP contribution in [0.15, 0.2) is 72.8 Å². The SMILES string of the molecule is CCOC(=O)NCCNc1nc(C)c(-c2nc3c(C[C@H]4[C@H](Nc5nc(NCCNC(=O)OCc6ccccc6)nc(C)c5-c5nc6ccccc6s5)C[C@@H]5C(O)[C@@]54C)cccc3s2)c(N[C@@H]2C[C@H](CO)[C@@H](O)[C@H]2O)n1. The van der Waals surface area contributed by atoms with E-state index in [-0.39, 0.29) is 62.2 Å². The number of aliphatic hydroxyl groups excluding tert-OH is 4. The van der Waals surface area contributed by atoms with E-state index in [1.165, 1.54) is 11.3 Å². The van der Waals surface area contributed by atoms with Crippen molar-refractivity contribution >= 4 is 78.8 Å². The first-order valence-electron chi connectivity index (χ1n) is 25.4. The van der Waals surface area contributed by atoms with Crippen molar-refractivity contribution in [3.8, 4) is 21.1 Å². The first kappa shape index (κ1) is 51.7. The largest absolute Gasteiger partial charge is 0.450 e. The summed E-state index contributed by atoms with van der Waals surface area (Å²) in [5.74, 6) is 1.19. The van der Waals surface area contributed by atoms with Crippen molar-refractivity contribution in [2.75, 3.05) is 60.7 Å². The molecular formula is C53H62N12O8S2. The highest BCUT2D eigenvalue weighted by molar-refractivity contribution is 7.22. The molecule has 3 saturated carbocycles. The Hall–Kier alpha value is -6.82. The fourth-order valence-corrected chi connectivity index (χ4v) is 13.0. The Balaban J connectivity index is 0.922. The van der Waals surface area contributed by atoms with Gasteiger partial charge in [0.2, 0.25) is 11.9 Å². The third-order valence-corrected chi connectivity index (χ3v) is 17.0. The fraction of sp³-hybridized carbons (Fsp3) is 0.434. The molecule has 4 aromatic heterocycles. The molecule has 1 unspecified atom stereocenters. The van der Waals surface area contributed by atoms with Crippen LogP contribution in [0.5, 0.6) is 0 Å². The van der Waals surface area contributed by atoms with Gasteiger partial charge in [-0.1, -0.05) is 61.5 Å². The molecule has 3 aromatic carbocycles. The smallest absolute Gasteiger partial charge is 0.407 e. The average molecular weight is 1060 g/mol. The number of hydrogen-bond acceptors (Lipinski definition) is 20. The van der Waals surface area contributed by atoms with E-state index < -0.39 is 42.5 Å². The van der Waals surface area contributed by atoms with E-state index in [2.05, 4.69) is 44.9 Å². The third kappa shape index (κ3) is 10.9. The van der Waals surface area contributed by atoms with Gasteiger partial charge in [0.25, 0.3) is 0 Å². The predicted octanol–water partition coefficient (Wildman–Crippen LogP) is 6.49. The molecule has 75 heavy (non-hydrogen) atoms. The molecule has 0 radical (unpaired) electrons. The standard InChI is InChI=1S/C53H62N12O8S2/c1-5-72-51(70)56-20-18-54-50-59-28(3)40(46(65-50)61-36-23-31(25-66)42(67)43(36)68)48-63-41-30(14-11-17-38(41)75-48)22-32-35(24-33-44(69)53(32,33)4)60-45-39(47-62-34-15-9-10-16-37(34)74-47)27(2)58-49(64-45)55-19-21-57-52(71)73-26-29-12-7-6-8-13-29/h6-17,31-33,35-36,42-44,66-69H,5,18-26H2,1-4H3,(H,56,70)(H,57,71)(H2,54,59,61,65)(H2,55,58,60,64)/t31-,32+,33-,35-,36-,42-,43+,44?,53-/m1/s1. The average Bonchev–Trinajstić information content (AvgIpc) is 4.09. The molecule has 394 valence electrons. The minimum absolute atomic E-state index is 0.0463. The molecule has 4 heterocycles. The maximum Gasteiger partial charge on any atom is 0.407 e. The number of carbonyl (C=O) groups is 2. The topological polar surface area (TPSA) is 283 Å². The summed E-state index contributed by atoms with van der Waals surface area (Å²) in [5, 5.41) is 63.9. The molecule has 20 nitrogen and oxygen atoms in total. The Kier molecular flexibility index (Phi) is 15.3. The number of benzene rings is 3. The molecule has 22 heteroatoms. The van der Waals surface area contributed by atoms with E-state index in [9.17, 15) is 30.0 Å². The zero-order chi connectivity index (χ0) is 52.4. The van der Waals surface area contributed by atoms with E-state index in [0.29, 0.717) is 66.2 Å². The third-order valence-electron chi connectivity index (χ3n) is 14.9. The molecule has 0 aliphatic heterocycles. The molecule has 0 bridgehead atoms. The van der Waals surface area contributed by atoms with Crippen LogP contribution in [0.3, 0.4) is 0 Å². The van der Waals surface area contributed by atoms with Gasteiger partial charge in [-0.2, -0.15) is 9.97 Å². The van der Waals surface area contributed by atoms with Gasteiger partial charge in [0.1, 0.15) is 34.4 Å². The van der Waals surface area contributed by atoms with Crippen LogP contribution in [0, 0.1) is 37.0 Å². The van der Waals surface area contributed by atoms with E-state index in [1.54, 1.807) is 18.3 Å². The van der Waals surface area contributed by atoms with Crippen LogP contribution in [-0.2, 0) is 22.5 Å². The minimum atomic E-state index is -1.16. The number of anilines is 4. The number of hydrogen-bond donors (Lipinski definition) is 10. The molecule has 3 aliphatic rings. The first-order valence-corrected chi connectivity index (χ1v) is 27.0. The number of aliphatic hydroxyl groups is 4. The molecule has 0 saturated heterocycles. The van der Waals surface area contributed by atoms with Gasteiger partial charge in [-0.05, 0) is 81.2 Å². The number of nitrogens with zero attached hydrogens (tertiary/aromatic N) is 6. The summed E-state index contributed by atoms with van der Waals surface area (Å²) in [7, 11) is 0. The lowest BCUT2D eigenvalue weighted by molar-refractivity contribution is 0.00446. The molecule has 9 atom stereocenters. The number of fused-ring (bicyclic) bond motifs is 3. The zero-order valence-electron chi connectivity index (χ0n) is 42.0. The highest BCUT2D eigenvalue weighted by atomic mass is 32.1. The van der Waals surface area contributed by atoms with Gasteiger partial charge in [0.05, 0.1) is 67.8 Å². The molecule has 3 fully saturated rings. The summed E-state index contributed by atoms with van der Waals surface area (Å²) in [5.41, 5.74) is 5.97. The second kappa shape index (κ2) is 22.2. The molecule has 7 aromatic rings.